The fraction of sp³-hybridized carbons (Fsp3) is 0.143. The Labute approximate surface area is 158 Å². The van der Waals surface area contributed by atoms with Crippen LogP contribution < -0.4 is 9.47 Å². The molecule has 0 spiro atoms. The zero-order valence-electron chi connectivity index (χ0n) is 14.8. The Hall–Kier alpha value is -2.83. The smallest absolute Gasteiger partial charge is 0.127 e. The maximum Gasteiger partial charge on any atom is 0.127 e. The summed E-state index contributed by atoms with van der Waals surface area (Å²) < 4.78 is 44.9. The Morgan fingerprint density at radius 2 is 1.48 bits per heavy atom. The van der Waals surface area contributed by atoms with Gasteiger partial charge in [0.05, 0.1) is 11.5 Å². The first-order valence-electron chi connectivity index (χ1n) is 8.43. The van der Waals surface area contributed by atoms with Crippen LogP contribution in [-0.4, -0.2) is 19.6 Å². The van der Waals surface area contributed by atoms with Gasteiger partial charge in [-0.3, -0.25) is 0 Å². The van der Waals surface area contributed by atoms with Crippen LogP contribution in [0, 0.1) is 6.92 Å². The first kappa shape index (κ1) is 18.9. The zero-order chi connectivity index (χ0) is 19.3. The third kappa shape index (κ3) is 5.32. The van der Waals surface area contributed by atoms with E-state index in [9.17, 15) is 13.0 Å². The van der Waals surface area contributed by atoms with E-state index < -0.39 is 10.1 Å². The lowest BCUT2D eigenvalue weighted by atomic mass is 10.1. The van der Waals surface area contributed by atoms with E-state index in [1.165, 1.54) is 12.1 Å². The van der Waals surface area contributed by atoms with Gasteiger partial charge < -0.3 is 14.0 Å². The van der Waals surface area contributed by atoms with Crippen molar-refractivity contribution < 1.29 is 22.4 Å². The molecule has 0 unspecified atom stereocenters. The van der Waals surface area contributed by atoms with Gasteiger partial charge in [-0.1, -0.05) is 24.3 Å². The molecule has 0 saturated heterocycles. The molecule has 0 radical (unpaired) electrons. The quantitative estimate of drug-likeness (QED) is 0.568. The second kappa shape index (κ2) is 8.24. The molecule has 0 heterocycles. The van der Waals surface area contributed by atoms with Crippen LogP contribution in [0.4, 0.5) is 0 Å². The predicted molar refractivity (Wildman–Crippen MR) is 101 cm³/mol. The molecule has 140 valence electrons. The SMILES string of the molecule is Cc1ccc(S(=O)(=O)[O-])cc1CCOc1ccc(Oc2ccccc2)cc1. The fourth-order valence-corrected chi connectivity index (χ4v) is 3.10. The molecule has 0 aliphatic carbocycles. The Balaban J connectivity index is 1.58. The Morgan fingerprint density at radius 1 is 0.852 bits per heavy atom. The average Bonchev–Trinajstić information content (AvgIpc) is 2.64. The van der Waals surface area contributed by atoms with Gasteiger partial charge in [-0.25, -0.2) is 8.42 Å². The van der Waals surface area contributed by atoms with Crippen LogP contribution >= 0.6 is 0 Å². The molecule has 0 saturated carbocycles. The summed E-state index contributed by atoms with van der Waals surface area (Å²) in [6.45, 7) is 2.23. The van der Waals surface area contributed by atoms with Gasteiger partial charge in [-0.2, -0.15) is 0 Å². The number of hydrogen-bond donors (Lipinski definition) is 0. The minimum Gasteiger partial charge on any atom is -0.744 e. The number of hydrogen-bond acceptors (Lipinski definition) is 5. The highest BCUT2D eigenvalue weighted by Gasteiger charge is 2.06. The van der Waals surface area contributed by atoms with Crippen molar-refractivity contribution in [3.05, 3.63) is 83.9 Å². The zero-order valence-corrected chi connectivity index (χ0v) is 15.6. The van der Waals surface area contributed by atoms with Crippen molar-refractivity contribution in [3.8, 4) is 17.2 Å². The number of ether oxygens (including phenoxy) is 2. The van der Waals surface area contributed by atoms with E-state index in [0.29, 0.717) is 24.5 Å². The van der Waals surface area contributed by atoms with Gasteiger partial charge in [-0.05, 0) is 66.6 Å². The van der Waals surface area contributed by atoms with Crippen molar-refractivity contribution in [1.29, 1.82) is 0 Å². The Kier molecular flexibility index (Phi) is 5.78. The van der Waals surface area contributed by atoms with Crippen molar-refractivity contribution in [2.75, 3.05) is 6.61 Å². The second-order valence-corrected chi connectivity index (χ2v) is 7.41. The molecule has 0 aliphatic heterocycles. The van der Waals surface area contributed by atoms with Crippen LogP contribution in [0.25, 0.3) is 0 Å². The van der Waals surface area contributed by atoms with Crippen molar-refractivity contribution in [2.24, 2.45) is 0 Å². The van der Waals surface area contributed by atoms with Crippen molar-refractivity contribution in [2.45, 2.75) is 18.2 Å². The summed E-state index contributed by atoms with van der Waals surface area (Å²) in [5.74, 6) is 2.15. The molecular weight excluding hydrogens is 364 g/mol. The molecule has 3 aromatic rings. The summed E-state index contributed by atoms with van der Waals surface area (Å²) >= 11 is 0. The molecule has 0 N–H and O–H groups in total. The molecule has 5 nitrogen and oxygen atoms in total. The molecule has 0 fully saturated rings. The van der Waals surface area contributed by atoms with Crippen molar-refractivity contribution >= 4 is 10.1 Å². The van der Waals surface area contributed by atoms with E-state index >= 15 is 0 Å². The van der Waals surface area contributed by atoms with E-state index in [-0.39, 0.29) is 4.90 Å². The largest absolute Gasteiger partial charge is 0.744 e. The summed E-state index contributed by atoms with van der Waals surface area (Å²) in [4.78, 5) is -0.217. The Morgan fingerprint density at radius 3 is 2.15 bits per heavy atom. The molecule has 0 atom stereocenters. The van der Waals surface area contributed by atoms with E-state index in [1.807, 2.05) is 61.5 Å². The number of aryl methyl sites for hydroxylation is 1. The first-order chi connectivity index (χ1) is 12.9. The highest BCUT2D eigenvalue weighted by Crippen LogP contribution is 2.24. The van der Waals surface area contributed by atoms with Crippen molar-refractivity contribution in [3.63, 3.8) is 0 Å². The molecule has 0 aliphatic rings. The summed E-state index contributed by atoms with van der Waals surface area (Å²) in [7, 11) is -4.45. The molecule has 0 bridgehead atoms. The molecule has 3 aromatic carbocycles. The number of para-hydroxylation sites is 1. The lowest BCUT2D eigenvalue weighted by molar-refractivity contribution is 0.321. The van der Waals surface area contributed by atoms with Gasteiger partial charge in [0, 0.05) is 6.42 Å². The third-order valence-electron chi connectivity index (χ3n) is 4.05. The van der Waals surface area contributed by atoms with Crippen molar-refractivity contribution in [1.82, 2.24) is 0 Å². The van der Waals surface area contributed by atoms with E-state index in [2.05, 4.69) is 0 Å². The van der Waals surface area contributed by atoms with Gasteiger partial charge in [0.2, 0.25) is 0 Å². The summed E-state index contributed by atoms with van der Waals surface area (Å²) in [6.07, 6.45) is 0.497. The van der Waals surface area contributed by atoms with Crippen LogP contribution in [0.3, 0.4) is 0 Å². The van der Waals surface area contributed by atoms with Gasteiger partial charge in [0.1, 0.15) is 27.4 Å². The molecule has 6 heteroatoms. The summed E-state index contributed by atoms with van der Waals surface area (Å²) in [5.41, 5.74) is 1.69. The summed E-state index contributed by atoms with van der Waals surface area (Å²) in [5, 5.41) is 0. The third-order valence-corrected chi connectivity index (χ3v) is 4.88. The molecule has 0 aromatic heterocycles. The molecule has 27 heavy (non-hydrogen) atoms. The average molecular weight is 383 g/mol. The van der Waals surface area contributed by atoms with Gasteiger partial charge in [0.15, 0.2) is 0 Å². The van der Waals surface area contributed by atoms with Crippen LogP contribution in [-0.2, 0) is 16.5 Å². The first-order valence-corrected chi connectivity index (χ1v) is 9.84. The highest BCUT2D eigenvalue weighted by atomic mass is 32.2. The second-order valence-electron chi connectivity index (χ2n) is 6.03. The fourth-order valence-electron chi connectivity index (χ4n) is 2.58. The lowest BCUT2D eigenvalue weighted by Crippen LogP contribution is -2.05. The van der Waals surface area contributed by atoms with Gasteiger partial charge in [-0.15, -0.1) is 0 Å². The Bertz CT molecular complexity index is 997. The topological polar surface area (TPSA) is 75.7 Å². The van der Waals surface area contributed by atoms with Crippen LogP contribution in [0.1, 0.15) is 11.1 Å². The van der Waals surface area contributed by atoms with Crippen LogP contribution in [0.5, 0.6) is 17.2 Å². The van der Waals surface area contributed by atoms with Gasteiger partial charge in [0.25, 0.3) is 0 Å². The normalized spacial score (nSPS) is 11.2. The maximum absolute atomic E-state index is 11.2. The maximum atomic E-state index is 11.2. The lowest BCUT2D eigenvalue weighted by Gasteiger charge is -2.12. The van der Waals surface area contributed by atoms with Crippen LogP contribution in [0.2, 0.25) is 0 Å². The summed E-state index contributed by atoms with van der Waals surface area (Å²) in [6, 6.07) is 21.1. The number of rotatable bonds is 7. The minimum absolute atomic E-state index is 0.217. The molecule has 3 rings (SSSR count). The monoisotopic (exact) mass is 383 g/mol. The van der Waals surface area contributed by atoms with Gasteiger partial charge >= 0.3 is 0 Å². The molecular formula is C21H19O5S-. The van der Waals surface area contributed by atoms with E-state index in [0.717, 1.165) is 16.9 Å². The standard InChI is InChI=1S/C21H20O5S/c1-16-7-12-21(27(22,23)24)15-17(16)13-14-25-18-8-10-20(11-9-18)26-19-5-3-2-4-6-19/h2-12,15H,13-14H2,1H3,(H,22,23,24)/p-1. The predicted octanol–water partition coefficient (Wildman–Crippen LogP) is 4.31. The minimum atomic E-state index is -4.45. The number of benzene rings is 3. The molecule has 0 amide bonds. The van der Waals surface area contributed by atoms with E-state index in [1.54, 1.807) is 6.07 Å². The van der Waals surface area contributed by atoms with Crippen LogP contribution in [0.15, 0.2) is 77.7 Å². The highest BCUT2D eigenvalue weighted by molar-refractivity contribution is 7.85. The van der Waals surface area contributed by atoms with E-state index in [4.69, 9.17) is 9.47 Å².